The maximum absolute atomic E-state index is 9.81. The number of carbonyl (C=O) groups excluding carboxylic acids is 2. The highest BCUT2D eigenvalue weighted by atomic mass is 16.6. The highest BCUT2D eigenvalue weighted by Gasteiger charge is 1.94. The number of ether oxygens (including phenoxy) is 2. The van der Waals surface area contributed by atoms with Gasteiger partial charge in [0.2, 0.25) is 0 Å². The van der Waals surface area contributed by atoms with Crippen molar-refractivity contribution in [2.45, 2.75) is 13.8 Å². The van der Waals surface area contributed by atoms with Gasteiger partial charge in [0.05, 0.1) is 13.2 Å². The molecule has 1 heterocycles. The summed E-state index contributed by atoms with van der Waals surface area (Å²) in [6.45, 7) is 4.36. The lowest BCUT2D eigenvalue weighted by molar-refractivity contribution is -0.156. The fourth-order valence-corrected chi connectivity index (χ4v) is 0.202. The molecule has 10 heavy (non-hydrogen) atoms. The molecule has 0 atom stereocenters. The van der Waals surface area contributed by atoms with Gasteiger partial charge in [-0.15, -0.1) is 0 Å². The van der Waals surface area contributed by atoms with E-state index >= 15 is 0 Å². The molecule has 0 spiro atoms. The fourth-order valence-electron chi connectivity index (χ4n) is 0.202. The first kappa shape index (κ1) is 9.10. The number of epoxide rings is 1. The minimum Gasteiger partial charge on any atom is -0.394 e. The van der Waals surface area contributed by atoms with Crippen LogP contribution in [0.25, 0.3) is 0 Å². The number of hydrogen-bond acceptors (Lipinski definition) is 4. The Morgan fingerprint density at radius 3 is 1.50 bits per heavy atom. The van der Waals surface area contributed by atoms with E-state index in [1.54, 1.807) is 0 Å². The molecule has 0 radical (unpaired) electrons. The van der Waals surface area contributed by atoms with Gasteiger partial charge in [0, 0.05) is 13.8 Å². The molecule has 0 aromatic carbocycles. The molecule has 0 bridgehead atoms. The third-order valence-electron chi connectivity index (χ3n) is 0.492. The summed E-state index contributed by atoms with van der Waals surface area (Å²) in [6.07, 6.45) is 0. The van der Waals surface area contributed by atoms with Crippen LogP contribution in [0.15, 0.2) is 0 Å². The van der Waals surface area contributed by atoms with E-state index in [1.165, 1.54) is 13.8 Å². The molecule has 4 nitrogen and oxygen atoms in total. The lowest BCUT2D eigenvalue weighted by Gasteiger charge is -1.87. The second-order valence-electron chi connectivity index (χ2n) is 1.70. The maximum atomic E-state index is 9.81. The first-order valence-electron chi connectivity index (χ1n) is 2.89. The van der Waals surface area contributed by atoms with Crippen LogP contribution >= 0.6 is 0 Å². The summed E-state index contributed by atoms with van der Waals surface area (Å²) in [5.41, 5.74) is 0. The van der Waals surface area contributed by atoms with Crippen LogP contribution < -0.4 is 0 Å². The third kappa shape index (κ3) is 15.7. The Hall–Kier alpha value is -0.900. The normalized spacial score (nSPS) is 12.6. The average molecular weight is 146 g/mol. The van der Waals surface area contributed by atoms with Crippen LogP contribution in [-0.2, 0) is 19.1 Å². The molecule has 0 N–H and O–H groups in total. The van der Waals surface area contributed by atoms with Gasteiger partial charge < -0.3 is 9.47 Å². The van der Waals surface area contributed by atoms with Crippen molar-refractivity contribution in [3.05, 3.63) is 0 Å². The highest BCUT2D eigenvalue weighted by molar-refractivity contribution is 5.82. The molecular weight excluding hydrogens is 136 g/mol. The molecular formula is C6H10O4. The smallest absolute Gasteiger partial charge is 0.310 e. The molecule has 0 aromatic rings. The molecule has 1 aliphatic heterocycles. The lowest BCUT2D eigenvalue weighted by atomic mass is 10.7. The van der Waals surface area contributed by atoms with Crippen molar-refractivity contribution in [3.63, 3.8) is 0 Å². The van der Waals surface area contributed by atoms with Crippen LogP contribution in [0.5, 0.6) is 0 Å². The van der Waals surface area contributed by atoms with Crippen LogP contribution in [-0.4, -0.2) is 25.2 Å². The van der Waals surface area contributed by atoms with Gasteiger partial charge >= 0.3 is 11.9 Å². The van der Waals surface area contributed by atoms with Gasteiger partial charge in [0.25, 0.3) is 0 Å². The molecule has 0 aliphatic carbocycles. The van der Waals surface area contributed by atoms with Crippen molar-refractivity contribution >= 4 is 11.9 Å². The van der Waals surface area contributed by atoms with E-state index in [-0.39, 0.29) is 0 Å². The zero-order valence-electron chi connectivity index (χ0n) is 6.05. The van der Waals surface area contributed by atoms with Crippen LogP contribution in [0.1, 0.15) is 13.8 Å². The van der Waals surface area contributed by atoms with Gasteiger partial charge in [-0.1, -0.05) is 0 Å². The van der Waals surface area contributed by atoms with Gasteiger partial charge in [-0.2, -0.15) is 0 Å². The van der Waals surface area contributed by atoms with Crippen molar-refractivity contribution in [2.75, 3.05) is 13.2 Å². The van der Waals surface area contributed by atoms with Crippen molar-refractivity contribution in [1.82, 2.24) is 0 Å². The topological polar surface area (TPSA) is 55.9 Å². The monoisotopic (exact) mass is 146 g/mol. The average Bonchev–Trinajstić information content (AvgIpc) is 2.38. The predicted molar refractivity (Wildman–Crippen MR) is 33.3 cm³/mol. The van der Waals surface area contributed by atoms with Crippen molar-refractivity contribution in [1.29, 1.82) is 0 Å². The zero-order valence-corrected chi connectivity index (χ0v) is 6.05. The molecule has 1 rings (SSSR count). The van der Waals surface area contributed by atoms with E-state index in [1.807, 2.05) is 0 Å². The van der Waals surface area contributed by atoms with Crippen LogP contribution in [0, 0.1) is 0 Å². The Bertz CT molecular complexity index is 113. The summed E-state index contributed by atoms with van der Waals surface area (Å²) in [6, 6.07) is 0. The molecule has 1 saturated heterocycles. The molecule has 0 unspecified atom stereocenters. The summed E-state index contributed by atoms with van der Waals surface area (Å²) in [7, 11) is 0. The highest BCUT2D eigenvalue weighted by Crippen LogP contribution is 1.84. The Labute approximate surface area is 59.1 Å². The summed E-state index contributed by atoms with van der Waals surface area (Å²) >= 11 is 0. The molecule has 0 amide bonds. The van der Waals surface area contributed by atoms with Gasteiger partial charge in [-0.3, -0.25) is 9.59 Å². The van der Waals surface area contributed by atoms with Gasteiger partial charge in [-0.05, 0) is 0 Å². The standard InChI is InChI=1S/C4H6O3.C2H4O/c1-3(5)7-4(2)6;1-2-3-1/h1-2H3;1-2H2. The minimum absolute atomic E-state index is 0.562. The molecule has 1 aliphatic rings. The Balaban J connectivity index is 0.000000219. The molecule has 0 saturated carbocycles. The Kier molecular flexibility index (Phi) is 4.49. The molecule has 0 aromatic heterocycles. The van der Waals surface area contributed by atoms with Gasteiger partial charge in [-0.25, -0.2) is 0 Å². The number of carbonyl (C=O) groups is 2. The van der Waals surface area contributed by atoms with Gasteiger partial charge in [0.1, 0.15) is 0 Å². The molecule has 1 fully saturated rings. The minimum atomic E-state index is -0.562. The van der Waals surface area contributed by atoms with Crippen molar-refractivity contribution < 1.29 is 19.1 Å². The largest absolute Gasteiger partial charge is 0.394 e. The molecule has 4 heteroatoms. The quantitative estimate of drug-likeness (QED) is 0.276. The van der Waals surface area contributed by atoms with Crippen molar-refractivity contribution in [2.24, 2.45) is 0 Å². The predicted octanol–water partition coefficient (Wildman–Crippen LogP) is 0.113. The zero-order chi connectivity index (χ0) is 7.98. The third-order valence-corrected chi connectivity index (χ3v) is 0.492. The first-order chi connectivity index (χ1) is 4.63. The van der Waals surface area contributed by atoms with Crippen LogP contribution in [0.2, 0.25) is 0 Å². The summed E-state index contributed by atoms with van der Waals surface area (Å²) in [5, 5.41) is 0. The van der Waals surface area contributed by atoms with E-state index in [4.69, 9.17) is 0 Å². The van der Waals surface area contributed by atoms with E-state index in [9.17, 15) is 9.59 Å². The van der Waals surface area contributed by atoms with Gasteiger partial charge in [0.15, 0.2) is 0 Å². The fraction of sp³-hybridized carbons (Fsp3) is 0.667. The SMILES string of the molecule is C1CO1.CC(=O)OC(C)=O. The second kappa shape index (κ2) is 4.93. The Morgan fingerprint density at radius 1 is 1.20 bits per heavy atom. The Morgan fingerprint density at radius 2 is 1.50 bits per heavy atom. The van der Waals surface area contributed by atoms with Crippen molar-refractivity contribution in [3.8, 4) is 0 Å². The van der Waals surface area contributed by atoms with Crippen LogP contribution in [0.4, 0.5) is 0 Å². The van der Waals surface area contributed by atoms with E-state index in [2.05, 4.69) is 9.47 Å². The van der Waals surface area contributed by atoms with E-state index < -0.39 is 11.9 Å². The molecule has 58 valence electrons. The van der Waals surface area contributed by atoms with E-state index in [0.29, 0.717) is 0 Å². The second-order valence-corrected chi connectivity index (χ2v) is 1.70. The van der Waals surface area contributed by atoms with Crippen LogP contribution in [0.3, 0.4) is 0 Å². The summed E-state index contributed by atoms with van der Waals surface area (Å²) in [4.78, 5) is 19.6. The maximum Gasteiger partial charge on any atom is 0.310 e. The number of esters is 2. The summed E-state index contributed by atoms with van der Waals surface area (Å²) in [5.74, 6) is -1.12. The lowest BCUT2D eigenvalue weighted by Crippen LogP contribution is -2.03. The van der Waals surface area contributed by atoms with E-state index in [0.717, 1.165) is 13.2 Å². The summed E-state index contributed by atoms with van der Waals surface area (Å²) < 4.78 is 8.47. The number of hydrogen-bond donors (Lipinski definition) is 0. The first-order valence-corrected chi connectivity index (χ1v) is 2.89. The number of rotatable bonds is 0.